The van der Waals surface area contributed by atoms with Crippen LogP contribution in [0.5, 0.6) is 0 Å². The van der Waals surface area contributed by atoms with Gasteiger partial charge in [0.25, 0.3) is 0 Å². The number of methoxy groups -OCH3 is 1. The van der Waals surface area contributed by atoms with E-state index in [1.54, 1.807) is 0 Å². The van der Waals surface area contributed by atoms with E-state index in [1.807, 2.05) is 7.11 Å². The minimum absolute atomic E-state index is 0.500. The van der Waals surface area contributed by atoms with Crippen LogP contribution >= 0.6 is 0 Å². The van der Waals surface area contributed by atoms with Crippen LogP contribution in [0.15, 0.2) is 0 Å². The van der Waals surface area contributed by atoms with E-state index in [0.29, 0.717) is 12.1 Å². The van der Waals surface area contributed by atoms with Crippen LogP contribution in [-0.2, 0) is 4.74 Å². The van der Waals surface area contributed by atoms with Crippen molar-refractivity contribution in [2.24, 2.45) is 5.92 Å². The van der Waals surface area contributed by atoms with Crippen molar-refractivity contribution >= 4 is 0 Å². The quantitative estimate of drug-likeness (QED) is 0.833. The highest BCUT2D eigenvalue weighted by Crippen LogP contribution is 2.31. The second-order valence-corrected chi connectivity index (χ2v) is 6.02. The molecule has 2 rings (SSSR count). The first kappa shape index (κ1) is 14.3. The molecule has 1 aliphatic carbocycles. The number of likely N-dealkylation sites (N-methyl/N-ethyl adjacent to an activating group) is 1. The highest BCUT2D eigenvalue weighted by atomic mass is 16.5. The van der Waals surface area contributed by atoms with Crippen molar-refractivity contribution in [3.8, 4) is 0 Å². The molecule has 0 bridgehead atoms. The van der Waals surface area contributed by atoms with Gasteiger partial charge in [0.1, 0.15) is 0 Å². The molecule has 106 valence electrons. The van der Waals surface area contributed by atoms with Crippen molar-refractivity contribution in [1.29, 1.82) is 0 Å². The third kappa shape index (κ3) is 3.25. The molecule has 3 unspecified atom stereocenters. The average Bonchev–Trinajstić information content (AvgIpc) is 2.46. The summed E-state index contributed by atoms with van der Waals surface area (Å²) in [6.45, 7) is 4.79. The molecule has 3 heteroatoms. The van der Waals surface area contributed by atoms with Gasteiger partial charge in [-0.15, -0.1) is 0 Å². The lowest BCUT2D eigenvalue weighted by molar-refractivity contribution is 0.00830. The first-order valence-electron chi connectivity index (χ1n) is 7.72. The molecule has 0 radical (unpaired) electrons. The van der Waals surface area contributed by atoms with Gasteiger partial charge in [0, 0.05) is 32.3 Å². The third-order valence-corrected chi connectivity index (χ3v) is 5.15. The zero-order valence-electron chi connectivity index (χ0n) is 12.3. The van der Waals surface area contributed by atoms with Crippen LogP contribution in [-0.4, -0.2) is 50.3 Å². The van der Waals surface area contributed by atoms with E-state index < -0.39 is 0 Å². The van der Waals surface area contributed by atoms with Crippen LogP contribution in [0.3, 0.4) is 0 Å². The van der Waals surface area contributed by atoms with Crippen molar-refractivity contribution in [2.75, 3.05) is 27.2 Å². The summed E-state index contributed by atoms with van der Waals surface area (Å²) in [6.07, 6.45) is 8.42. The standard InChI is InChI=1S/C15H30N2O/c1-4-12-5-6-14(16-2)15(11-12)17-9-7-13(18-3)8-10-17/h12-16H,4-11H2,1-3H3. The molecule has 0 spiro atoms. The average molecular weight is 254 g/mol. The Labute approximate surface area is 112 Å². The fraction of sp³-hybridized carbons (Fsp3) is 1.00. The topological polar surface area (TPSA) is 24.5 Å². The monoisotopic (exact) mass is 254 g/mol. The fourth-order valence-electron chi connectivity index (χ4n) is 3.79. The molecule has 1 saturated heterocycles. The molecular weight excluding hydrogens is 224 g/mol. The number of hydrogen-bond acceptors (Lipinski definition) is 3. The first-order chi connectivity index (χ1) is 8.78. The van der Waals surface area contributed by atoms with Gasteiger partial charge in [0.15, 0.2) is 0 Å². The smallest absolute Gasteiger partial charge is 0.0595 e. The molecule has 3 atom stereocenters. The Bertz CT molecular complexity index is 239. The Kier molecular flexibility index (Phi) is 5.46. The second kappa shape index (κ2) is 6.88. The van der Waals surface area contributed by atoms with E-state index in [-0.39, 0.29) is 0 Å². The molecule has 1 heterocycles. The lowest BCUT2D eigenvalue weighted by Gasteiger charge is -2.45. The number of likely N-dealkylation sites (tertiary alicyclic amines) is 1. The molecule has 3 nitrogen and oxygen atoms in total. The van der Waals surface area contributed by atoms with E-state index in [4.69, 9.17) is 4.74 Å². The van der Waals surface area contributed by atoms with Crippen LogP contribution < -0.4 is 5.32 Å². The summed E-state index contributed by atoms with van der Waals surface area (Å²) in [5.74, 6) is 0.944. The number of nitrogens with one attached hydrogen (secondary N) is 1. The Morgan fingerprint density at radius 3 is 2.44 bits per heavy atom. The van der Waals surface area contributed by atoms with Gasteiger partial charge in [0.05, 0.1) is 6.10 Å². The normalized spacial score (nSPS) is 35.8. The van der Waals surface area contributed by atoms with Gasteiger partial charge in [-0.25, -0.2) is 0 Å². The molecule has 18 heavy (non-hydrogen) atoms. The van der Waals surface area contributed by atoms with E-state index >= 15 is 0 Å². The summed E-state index contributed by atoms with van der Waals surface area (Å²) in [6, 6.07) is 1.46. The third-order valence-electron chi connectivity index (χ3n) is 5.15. The largest absolute Gasteiger partial charge is 0.381 e. The van der Waals surface area contributed by atoms with E-state index in [0.717, 1.165) is 12.0 Å². The maximum absolute atomic E-state index is 5.48. The van der Waals surface area contributed by atoms with Gasteiger partial charge in [-0.2, -0.15) is 0 Å². The summed E-state index contributed by atoms with van der Waals surface area (Å²) in [7, 11) is 3.98. The van der Waals surface area contributed by atoms with E-state index in [9.17, 15) is 0 Å². The minimum Gasteiger partial charge on any atom is -0.381 e. The number of piperidine rings is 1. The van der Waals surface area contributed by atoms with Gasteiger partial charge >= 0.3 is 0 Å². The lowest BCUT2D eigenvalue weighted by Crippen LogP contribution is -2.54. The van der Waals surface area contributed by atoms with Crippen molar-refractivity contribution in [2.45, 2.75) is 63.6 Å². The maximum atomic E-state index is 5.48. The van der Waals surface area contributed by atoms with Crippen molar-refractivity contribution in [3.63, 3.8) is 0 Å². The number of rotatable bonds is 4. The van der Waals surface area contributed by atoms with E-state index in [2.05, 4.69) is 24.2 Å². The zero-order valence-corrected chi connectivity index (χ0v) is 12.3. The van der Waals surface area contributed by atoms with Crippen LogP contribution in [0.2, 0.25) is 0 Å². The molecule has 2 aliphatic rings. The van der Waals surface area contributed by atoms with Crippen molar-refractivity contribution in [1.82, 2.24) is 10.2 Å². The predicted octanol–water partition coefficient (Wildman–Crippen LogP) is 2.26. The van der Waals surface area contributed by atoms with Crippen molar-refractivity contribution in [3.05, 3.63) is 0 Å². The van der Waals surface area contributed by atoms with Crippen LogP contribution in [0.4, 0.5) is 0 Å². The van der Waals surface area contributed by atoms with Crippen molar-refractivity contribution < 1.29 is 4.74 Å². The Morgan fingerprint density at radius 1 is 1.17 bits per heavy atom. The van der Waals surface area contributed by atoms with Gasteiger partial charge in [-0.3, -0.25) is 4.90 Å². The summed E-state index contributed by atoms with van der Waals surface area (Å²) >= 11 is 0. The predicted molar refractivity (Wildman–Crippen MR) is 75.9 cm³/mol. The van der Waals surface area contributed by atoms with Gasteiger partial charge in [-0.05, 0) is 45.1 Å². The highest BCUT2D eigenvalue weighted by Gasteiger charge is 2.34. The van der Waals surface area contributed by atoms with Crippen LogP contribution in [0.25, 0.3) is 0 Å². The van der Waals surface area contributed by atoms with Gasteiger partial charge in [0.2, 0.25) is 0 Å². The molecule has 0 aromatic rings. The van der Waals surface area contributed by atoms with Crippen LogP contribution in [0, 0.1) is 5.92 Å². The van der Waals surface area contributed by atoms with E-state index in [1.165, 1.54) is 51.6 Å². The molecule has 1 aliphatic heterocycles. The maximum Gasteiger partial charge on any atom is 0.0595 e. The summed E-state index contributed by atoms with van der Waals surface area (Å²) in [5.41, 5.74) is 0. The second-order valence-electron chi connectivity index (χ2n) is 6.02. The SMILES string of the molecule is CCC1CCC(NC)C(N2CCC(OC)CC2)C1. The van der Waals surface area contributed by atoms with Gasteiger partial charge in [-0.1, -0.05) is 13.3 Å². The molecule has 2 fully saturated rings. The Hall–Kier alpha value is -0.120. The zero-order chi connectivity index (χ0) is 13.0. The number of hydrogen-bond donors (Lipinski definition) is 1. The molecule has 0 aromatic heterocycles. The molecule has 0 amide bonds. The summed E-state index contributed by atoms with van der Waals surface area (Å²) in [5, 5.41) is 3.55. The van der Waals surface area contributed by atoms with Gasteiger partial charge < -0.3 is 10.1 Å². The number of nitrogens with zero attached hydrogens (tertiary/aromatic N) is 1. The number of ether oxygens (including phenoxy) is 1. The summed E-state index contributed by atoms with van der Waals surface area (Å²) < 4.78 is 5.48. The molecular formula is C15H30N2O. The molecule has 1 saturated carbocycles. The first-order valence-corrected chi connectivity index (χ1v) is 7.72. The highest BCUT2D eigenvalue weighted by molar-refractivity contribution is 4.92. The lowest BCUT2D eigenvalue weighted by atomic mass is 9.79. The fourth-order valence-corrected chi connectivity index (χ4v) is 3.79. The summed E-state index contributed by atoms with van der Waals surface area (Å²) in [4.78, 5) is 2.72. The molecule has 1 N–H and O–H groups in total. The minimum atomic E-state index is 0.500. The Morgan fingerprint density at radius 2 is 1.89 bits per heavy atom. The Balaban J connectivity index is 1.91. The van der Waals surface area contributed by atoms with Crippen LogP contribution in [0.1, 0.15) is 45.4 Å². The molecule has 0 aromatic carbocycles.